The Balaban J connectivity index is 2.20. The van der Waals surface area contributed by atoms with E-state index in [1.54, 1.807) is 11.8 Å². The highest BCUT2D eigenvalue weighted by Crippen LogP contribution is 2.22. The molecule has 0 saturated carbocycles. The van der Waals surface area contributed by atoms with Gasteiger partial charge in [-0.1, -0.05) is 13.8 Å². The monoisotopic (exact) mass is 258 g/mol. The lowest BCUT2D eigenvalue weighted by Gasteiger charge is -2.28. The zero-order valence-corrected chi connectivity index (χ0v) is 12.1. The van der Waals surface area contributed by atoms with Crippen LogP contribution in [0.25, 0.3) is 0 Å². The molecule has 4 heteroatoms. The fourth-order valence-electron chi connectivity index (χ4n) is 2.24. The molecule has 3 nitrogen and oxygen atoms in total. The first-order chi connectivity index (χ1) is 8.13. The van der Waals surface area contributed by atoms with Crippen LogP contribution in [0.2, 0.25) is 0 Å². The van der Waals surface area contributed by atoms with E-state index in [0.29, 0.717) is 23.5 Å². The van der Waals surface area contributed by atoms with Crippen molar-refractivity contribution in [3.63, 3.8) is 0 Å². The molecule has 1 aliphatic rings. The first-order valence-electron chi connectivity index (χ1n) is 6.63. The van der Waals surface area contributed by atoms with Crippen LogP contribution in [0.1, 0.15) is 33.1 Å². The number of piperidine rings is 1. The molecule has 2 N–H and O–H groups in total. The molecule has 0 aromatic heterocycles. The van der Waals surface area contributed by atoms with Gasteiger partial charge >= 0.3 is 0 Å². The predicted molar refractivity (Wildman–Crippen MR) is 75.4 cm³/mol. The fourth-order valence-corrected chi connectivity index (χ4v) is 2.49. The molecule has 17 heavy (non-hydrogen) atoms. The molecule has 1 aliphatic heterocycles. The Hall–Kier alpha value is -0.220. The van der Waals surface area contributed by atoms with Crippen molar-refractivity contribution >= 4 is 17.7 Å². The van der Waals surface area contributed by atoms with E-state index >= 15 is 0 Å². The van der Waals surface area contributed by atoms with Crippen LogP contribution in [0.4, 0.5) is 0 Å². The molecule has 1 amide bonds. The minimum absolute atomic E-state index is 0.212. The normalized spacial score (nSPS) is 24.1. The Labute approximate surface area is 109 Å². The van der Waals surface area contributed by atoms with Crippen LogP contribution in [0.3, 0.4) is 0 Å². The van der Waals surface area contributed by atoms with Crippen molar-refractivity contribution in [2.45, 2.75) is 38.4 Å². The summed E-state index contributed by atoms with van der Waals surface area (Å²) in [6.07, 6.45) is 5.27. The van der Waals surface area contributed by atoms with Crippen molar-refractivity contribution in [1.29, 1.82) is 0 Å². The van der Waals surface area contributed by atoms with Crippen molar-refractivity contribution in [1.82, 2.24) is 10.6 Å². The summed E-state index contributed by atoms with van der Waals surface area (Å²) in [5.74, 6) is 1.38. The number of nitrogens with one attached hydrogen (secondary N) is 2. The number of hydrogen-bond donors (Lipinski definition) is 2. The van der Waals surface area contributed by atoms with Gasteiger partial charge in [-0.25, -0.2) is 0 Å². The van der Waals surface area contributed by atoms with Gasteiger partial charge in [0.15, 0.2) is 0 Å². The lowest BCUT2D eigenvalue weighted by Crippen LogP contribution is -2.36. The predicted octanol–water partition coefficient (Wildman–Crippen LogP) is 1.88. The summed E-state index contributed by atoms with van der Waals surface area (Å²) in [5, 5.41) is 6.94. The molecule has 1 saturated heterocycles. The summed E-state index contributed by atoms with van der Waals surface area (Å²) in [4.78, 5) is 11.8. The second kappa shape index (κ2) is 7.98. The third-order valence-electron chi connectivity index (χ3n) is 3.64. The van der Waals surface area contributed by atoms with E-state index in [1.165, 1.54) is 12.8 Å². The molecule has 0 aliphatic carbocycles. The summed E-state index contributed by atoms with van der Waals surface area (Å²) < 4.78 is 0. The SMILES string of the molecule is CSC(C)CNC(=O)CC(C)C1CCCNC1. The Morgan fingerprint density at radius 1 is 1.53 bits per heavy atom. The van der Waals surface area contributed by atoms with E-state index in [4.69, 9.17) is 0 Å². The van der Waals surface area contributed by atoms with E-state index in [9.17, 15) is 4.79 Å². The van der Waals surface area contributed by atoms with Crippen LogP contribution >= 0.6 is 11.8 Å². The molecule has 3 unspecified atom stereocenters. The number of rotatable bonds is 6. The summed E-state index contributed by atoms with van der Waals surface area (Å²) >= 11 is 1.79. The van der Waals surface area contributed by atoms with Gasteiger partial charge in [0, 0.05) is 18.2 Å². The standard InChI is InChI=1S/C13H26N2OS/c1-10(12-5-4-6-14-9-12)7-13(16)15-8-11(2)17-3/h10-12,14H,4-9H2,1-3H3,(H,15,16). The molecule has 0 spiro atoms. The largest absolute Gasteiger partial charge is 0.355 e. The molecule has 3 atom stereocenters. The van der Waals surface area contributed by atoms with Gasteiger partial charge in [0.05, 0.1) is 0 Å². The fraction of sp³-hybridized carbons (Fsp3) is 0.923. The molecule has 100 valence electrons. The van der Waals surface area contributed by atoms with Crippen molar-refractivity contribution in [2.24, 2.45) is 11.8 Å². The van der Waals surface area contributed by atoms with Crippen molar-refractivity contribution in [3.05, 3.63) is 0 Å². The topological polar surface area (TPSA) is 41.1 Å². The molecular weight excluding hydrogens is 232 g/mol. The average molecular weight is 258 g/mol. The van der Waals surface area contributed by atoms with Gasteiger partial charge in [0.2, 0.25) is 5.91 Å². The van der Waals surface area contributed by atoms with Crippen LogP contribution in [0, 0.1) is 11.8 Å². The highest BCUT2D eigenvalue weighted by molar-refractivity contribution is 7.99. The minimum Gasteiger partial charge on any atom is -0.355 e. The number of carbonyl (C=O) groups excluding carboxylic acids is 1. The van der Waals surface area contributed by atoms with Crippen LogP contribution < -0.4 is 10.6 Å². The van der Waals surface area contributed by atoms with Gasteiger partial charge in [0.1, 0.15) is 0 Å². The van der Waals surface area contributed by atoms with Crippen LogP contribution in [-0.2, 0) is 4.79 Å². The number of hydrogen-bond acceptors (Lipinski definition) is 3. The van der Waals surface area contributed by atoms with E-state index in [-0.39, 0.29) is 5.91 Å². The lowest BCUT2D eigenvalue weighted by molar-refractivity contribution is -0.122. The van der Waals surface area contributed by atoms with Gasteiger partial charge in [0.25, 0.3) is 0 Å². The average Bonchev–Trinajstić information content (AvgIpc) is 2.36. The maximum absolute atomic E-state index is 11.8. The Morgan fingerprint density at radius 3 is 2.88 bits per heavy atom. The van der Waals surface area contributed by atoms with Crippen molar-refractivity contribution in [3.8, 4) is 0 Å². The van der Waals surface area contributed by atoms with Gasteiger partial charge in [-0.15, -0.1) is 0 Å². The lowest BCUT2D eigenvalue weighted by atomic mass is 9.85. The van der Waals surface area contributed by atoms with E-state index in [1.807, 2.05) is 0 Å². The zero-order valence-electron chi connectivity index (χ0n) is 11.3. The number of amides is 1. The van der Waals surface area contributed by atoms with Gasteiger partial charge in [-0.2, -0.15) is 11.8 Å². The van der Waals surface area contributed by atoms with Crippen LogP contribution in [0.15, 0.2) is 0 Å². The summed E-state index contributed by atoms with van der Waals surface area (Å²) in [5.41, 5.74) is 0. The molecule has 0 aromatic carbocycles. The van der Waals surface area contributed by atoms with E-state index in [2.05, 4.69) is 30.7 Å². The third kappa shape index (κ3) is 5.77. The van der Waals surface area contributed by atoms with Crippen LogP contribution in [-0.4, -0.2) is 37.0 Å². The van der Waals surface area contributed by atoms with Crippen molar-refractivity contribution in [2.75, 3.05) is 25.9 Å². The molecule has 1 heterocycles. The number of thioether (sulfide) groups is 1. The summed E-state index contributed by atoms with van der Waals surface area (Å²) in [7, 11) is 0. The van der Waals surface area contributed by atoms with E-state index in [0.717, 1.165) is 19.6 Å². The summed E-state index contributed by atoms with van der Waals surface area (Å²) in [6.45, 7) is 7.35. The molecular formula is C13H26N2OS. The first kappa shape index (κ1) is 14.8. The zero-order chi connectivity index (χ0) is 12.7. The quantitative estimate of drug-likeness (QED) is 0.764. The molecule has 0 aromatic rings. The van der Waals surface area contributed by atoms with Crippen molar-refractivity contribution < 1.29 is 4.79 Å². The maximum atomic E-state index is 11.8. The van der Waals surface area contributed by atoms with Crippen LogP contribution in [0.5, 0.6) is 0 Å². The Morgan fingerprint density at radius 2 is 2.29 bits per heavy atom. The second-order valence-electron chi connectivity index (χ2n) is 5.14. The Bertz CT molecular complexity index is 229. The third-order valence-corrected chi connectivity index (χ3v) is 4.61. The highest BCUT2D eigenvalue weighted by Gasteiger charge is 2.21. The molecule has 1 fully saturated rings. The smallest absolute Gasteiger partial charge is 0.220 e. The maximum Gasteiger partial charge on any atom is 0.220 e. The van der Waals surface area contributed by atoms with Gasteiger partial charge in [-0.3, -0.25) is 4.79 Å². The first-order valence-corrected chi connectivity index (χ1v) is 7.92. The van der Waals surface area contributed by atoms with Gasteiger partial charge < -0.3 is 10.6 Å². The summed E-state index contributed by atoms with van der Waals surface area (Å²) in [6, 6.07) is 0. The number of carbonyl (C=O) groups is 1. The minimum atomic E-state index is 0.212. The highest BCUT2D eigenvalue weighted by atomic mass is 32.2. The second-order valence-corrected chi connectivity index (χ2v) is 6.41. The molecule has 0 bridgehead atoms. The van der Waals surface area contributed by atoms with Gasteiger partial charge in [-0.05, 0) is 44.0 Å². The molecule has 0 radical (unpaired) electrons. The molecule has 1 rings (SSSR count). The van der Waals surface area contributed by atoms with E-state index < -0.39 is 0 Å². The Kier molecular flexibility index (Phi) is 6.97.